The first-order chi connectivity index (χ1) is 10.2. The number of benzene rings is 1. The van der Waals surface area contributed by atoms with Crippen LogP contribution in [0.3, 0.4) is 0 Å². The van der Waals surface area contributed by atoms with Gasteiger partial charge in [0, 0.05) is 28.8 Å². The predicted octanol–water partition coefficient (Wildman–Crippen LogP) is 4.34. The first-order valence-corrected chi connectivity index (χ1v) is 8.71. The molecule has 2 atom stereocenters. The maximum Gasteiger partial charge on any atom is 0.0809 e. The molecule has 0 bridgehead atoms. The van der Waals surface area contributed by atoms with Crippen molar-refractivity contribution in [2.45, 2.75) is 38.3 Å². The van der Waals surface area contributed by atoms with Crippen LogP contribution < -0.4 is 5.32 Å². The minimum atomic E-state index is 0.240. The lowest BCUT2D eigenvalue weighted by Gasteiger charge is -2.16. The highest BCUT2D eigenvalue weighted by Crippen LogP contribution is 2.26. The van der Waals surface area contributed by atoms with E-state index in [-0.39, 0.29) is 6.04 Å². The van der Waals surface area contributed by atoms with Crippen LogP contribution in [-0.2, 0) is 9.47 Å². The summed E-state index contributed by atoms with van der Waals surface area (Å²) < 4.78 is 12.2. The molecule has 21 heavy (non-hydrogen) atoms. The highest BCUT2D eigenvalue weighted by Gasteiger charge is 2.15. The third-order valence-corrected chi connectivity index (χ3v) is 4.49. The molecule has 1 saturated heterocycles. The predicted molar refractivity (Wildman–Crippen MR) is 90.0 cm³/mol. The molecular weight excluding hydrogens is 354 g/mol. The van der Waals surface area contributed by atoms with Crippen LogP contribution in [0.25, 0.3) is 0 Å². The first-order valence-electron chi connectivity index (χ1n) is 7.54. The molecule has 0 saturated carbocycles. The summed E-state index contributed by atoms with van der Waals surface area (Å²) in [5.74, 6) is 0. The molecule has 3 nitrogen and oxygen atoms in total. The quantitative estimate of drug-likeness (QED) is 0.685. The highest BCUT2D eigenvalue weighted by molar-refractivity contribution is 9.10. The van der Waals surface area contributed by atoms with Gasteiger partial charge in [-0.3, -0.25) is 0 Å². The van der Waals surface area contributed by atoms with Gasteiger partial charge in [0.2, 0.25) is 0 Å². The molecule has 5 heteroatoms. The number of hydrogen-bond acceptors (Lipinski definition) is 3. The second-order valence-corrected chi connectivity index (χ2v) is 6.73. The summed E-state index contributed by atoms with van der Waals surface area (Å²) in [4.78, 5) is 0. The molecule has 2 unspecified atom stereocenters. The van der Waals surface area contributed by atoms with Crippen molar-refractivity contribution in [3.05, 3.63) is 33.3 Å². The van der Waals surface area contributed by atoms with Gasteiger partial charge >= 0.3 is 0 Å². The number of halogens is 2. The number of rotatable bonds is 8. The smallest absolute Gasteiger partial charge is 0.0809 e. The van der Waals surface area contributed by atoms with Crippen LogP contribution in [0, 0.1) is 0 Å². The molecule has 1 aliphatic heterocycles. The van der Waals surface area contributed by atoms with Crippen molar-refractivity contribution in [2.24, 2.45) is 0 Å². The van der Waals surface area contributed by atoms with E-state index in [0.717, 1.165) is 54.3 Å². The molecule has 1 aromatic carbocycles. The Labute approximate surface area is 140 Å². The molecule has 1 aromatic rings. The molecule has 0 spiro atoms. The van der Waals surface area contributed by atoms with Crippen LogP contribution in [0.5, 0.6) is 0 Å². The summed E-state index contributed by atoms with van der Waals surface area (Å²) in [5.41, 5.74) is 1.13. The fourth-order valence-corrected chi connectivity index (χ4v) is 3.28. The van der Waals surface area contributed by atoms with E-state index in [4.69, 9.17) is 21.1 Å². The van der Waals surface area contributed by atoms with Gasteiger partial charge in [-0.25, -0.2) is 0 Å². The van der Waals surface area contributed by atoms with Gasteiger partial charge in [0.25, 0.3) is 0 Å². The Morgan fingerprint density at radius 2 is 2.38 bits per heavy atom. The lowest BCUT2D eigenvalue weighted by Crippen LogP contribution is -2.22. The summed E-state index contributed by atoms with van der Waals surface area (Å²) in [7, 11) is 0. The Balaban J connectivity index is 1.59. The molecule has 1 N–H and O–H groups in total. The summed E-state index contributed by atoms with van der Waals surface area (Å²) >= 11 is 9.67. The van der Waals surface area contributed by atoms with Crippen LogP contribution in [-0.4, -0.2) is 32.5 Å². The minimum Gasteiger partial charge on any atom is -0.379 e. The molecule has 1 heterocycles. The van der Waals surface area contributed by atoms with Crippen LogP contribution in [0.1, 0.15) is 37.8 Å². The van der Waals surface area contributed by atoms with E-state index in [9.17, 15) is 0 Å². The minimum absolute atomic E-state index is 0.240. The van der Waals surface area contributed by atoms with Crippen molar-refractivity contribution in [2.75, 3.05) is 26.4 Å². The molecule has 1 fully saturated rings. The average Bonchev–Trinajstić information content (AvgIpc) is 2.95. The number of hydrogen-bond donors (Lipinski definition) is 1. The normalized spacial score (nSPS) is 19.9. The summed E-state index contributed by atoms with van der Waals surface area (Å²) in [6.07, 6.45) is 3.61. The lowest BCUT2D eigenvalue weighted by molar-refractivity contribution is 0.0165. The van der Waals surface area contributed by atoms with Crippen molar-refractivity contribution in [3.63, 3.8) is 0 Å². The van der Waals surface area contributed by atoms with E-state index in [1.165, 1.54) is 6.42 Å². The van der Waals surface area contributed by atoms with E-state index in [0.29, 0.717) is 6.10 Å². The van der Waals surface area contributed by atoms with Crippen molar-refractivity contribution in [3.8, 4) is 0 Å². The van der Waals surface area contributed by atoms with Crippen LogP contribution in [0.4, 0.5) is 0 Å². The molecule has 0 aliphatic carbocycles. The third kappa shape index (κ3) is 5.87. The second kappa shape index (κ2) is 9.11. The zero-order valence-corrected chi connectivity index (χ0v) is 14.8. The van der Waals surface area contributed by atoms with Gasteiger partial charge in [-0.15, -0.1) is 0 Å². The van der Waals surface area contributed by atoms with Gasteiger partial charge in [-0.2, -0.15) is 0 Å². The van der Waals surface area contributed by atoms with Crippen molar-refractivity contribution in [1.82, 2.24) is 5.32 Å². The standard InChI is InChI=1S/C16H23BrClNO2/c1-12(15-6-5-13(17)10-16(15)18)19-7-3-8-20-11-14-4-2-9-21-14/h5-6,10,12,14,19H,2-4,7-9,11H2,1H3. The summed E-state index contributed by atoms with van der Waals surface area (Å²) in [5, 5.41) is 4.27. The van der Waals surface area contributed by atoms with Crippen LogP contribution in [0.2, 0.25) is 5.02 Å². The largest absolute Gasteiger partial charge is 0.379 e. The van der Waals surface area contributed by atoms with E-state index in [1.807, 2.05) is 12.1 Å². The van der Waals surface area contributed by atoms with Gasteiger partial charge in [-0.1, -0.05) is 33.6 Å². The van der Waals surface area contributed by atoms with Gasteiger partial charge in [0.05, 0.1) is 12.7 Å². The number of nitrogens with one attached hydrogen (secondary N) is 1. The topological polar surface area (TPSA) is 30.5 Å². The molecule has 0 aromatic heterocycles. The van der Waals surface area contributed by atoms with E-state index < -0.39 is 0 Å². The van der Waals surface area contributed by atoms with Gasteiger partial charge in [0.15, 0.2) is 0 Å². The Kier molecular flexibility index (Phi) is 7.47. The Hall–Kier alpha value is -0.130. The SMILES string of the molecule is CC(NCCCOCC1CCCO1)c1ccc(Br)cc1Cl. The maximum absolute atomic E-state index is 6.25. The zero-order chi connectivity index (χ0) is 15.1. The van der Waals surface area contributed by atoms with Crippen LogP contribution >= 0.6 is 27.5 Å². The van der Waals surface area contributed by atoms with Gasteiger partial charge in [-0.05, 0) is 50.4 Å². The Bertz CT molecular complexity index is 438. The highest BCUT2D eigenvalue weighted by atomic mass is 79.9. The zero-order valence-electron chi connectivity index (χ0n) is 12.4. The van der Waals surface area contributed by atoms with E-state index >= 15 is 0 Å². The summed E-state index contributed by atoms with van der Waals surface area (Å²) in [6.45, 7) is 5.43. The van der Waals surface area contributed by atoms with Crippen LogP contribution in [0.15, 0.2) is 22.7 Å². The molecule has 0 amide bonds. The third-order valence-electron chi connectivity index (χ3n) is 3.67. The Morgan fingerprint density at radius 3 is 3.10 bits per heavy atom. The molecule has 118 valence electrons. The van der Waals surface area contributed by atoms with Gasteiger partial charge in [0.1, 0.15) is 0 Å². The van der Waals surface area contributed by atoms with E-state index in [2.05, 4.69) is 34.2 Å². The first kappa shape index (κ1) is 17.2. The Morgan fingerprint density at radius 1 is 1.52 bits per heavy atom. The second-order valence-electron chi connectivity index (χ2n) is 5.41. The van der Waals surface area contributed by atoms with Crippen molar-refractivity contribution in [1.29, 1.82) is 0 Å². The monoisotopic (exact) mass is 375 g/mol. The van der Waals surface area contributed by atoms with Gasteiger partial charge < -0.3 is 14.8 Å². The fourth-order valence-electron chi connectivity index (χ4n) is 2.45. The maximum atomic E-state index is 6.25. The van der Waals surface area contributed by atoms with Crippen molar-refractivity contribution >= 4 is 27.5 Å². The molecular formula is C16H23BrClNO2. The fraction of sp³-hybridized carbons (Fsp3) is 0.625. The van der Waals surface area contributed by atoms with E-state index in [1.54, 1.807) is 0 Å². The lowest BCUT2D eigenvalue weighted by atomic mass is 10.1. The molecule has 0 radical (unpaired) electrons. The van der Waals surface area contributed by atoms with Crippen molar-refractivity contribution < 1.29 is 9.47 Å². The summed E-state index contributed by atoms with van der Waals surface area (Å²) in [6, 6.07) is 6.24. The molecule has 1 aliphatic rings. The average molecular weight is 377 g/mol. The molecule has 2 rings (SSSR count). The number of ether oxygens (including phenoxy) is 2.